The number of carboxylic acids is 1. The van der Waals surface area contributed by atoms with Gasteiger partial charge in [-0.2, -0.15) is 0 Å². The van der Waals surface area contributed by atoms with Crippen molar-refractivity contribution < 1.29 is 19.5 Å². The molecule has 0 spiro atoms. The van der Waals surface area contributed by atoms with E-state index in [9.17, 15) is 19.5 Å². The molecule has 0 saturated carbocycles. The lowest BCUT2D eigenvalue weighted by Gasteiger charge is -2.22. The van der Waals surface area contributed by atoms with Crippen molar-refractivity contribution in [3.8, 4) is 11.1 Å². The van der Waals surface area contributed by atoms with Crippen LogP contribution in [-0.4, -0.2) is 33.8 Å². The van der Waals surface area contributed by atoms with Crippen molar-refractivity contribution in [3.63, 3.8) is 0 Å². The Bertz CT molecular complexity index is 1020. The summed E-state index contributed by atoms with van der Waals surface area (Å²) in [5, 5.41) is 9.70. The molecular weight excluding hydrogens is 354 g/mol. The van der Waals surface area contributed by atoms with Gasteiger partial charge < -0.3 is 5.11 Å². The van der Waals surface area contributed by atoms with Gasteiger partial charge >= 0.3 is 5.97 Å². The second kappa shape index (κ2) is 7.12. The highest BCUT2D eigenvalue weighted by molar-refractivity contribution is 6.22. The monoisotopic (exact) mass is 371 g/mol. The average molecular weight is 371 g/mol. The first kappa shape index (κ1) is 17.7. The molecule has 1 aliphatic heterocycles. The molecule has 5 nitrogen and oxygen atoms in total. The zero-order valence-electron chi connectivity index (χ0n) is 14.9. The molecule has 2 amide bonds. The van der Waals surface area contributed by atoms with Crippen molar-refractivity contribution in [2.75, 3.05) is 0 Å². The fourth-order valence-electron chi connectivity index (χ4n) is 3.47. The number of amides is 2. The summed E-state index contributed by atoms with van der Waals surface area (Å²) in [6.07, 6.45) is 0.0515. The average Bonchev–Trinajstić information content (AvgIpc) is 2.98. The molecular formula is C23H17NO4. The predicted octanol–water partition coefficient (Wildman–Crippen LogP) is 3.65. The maximum absolute atomic E-state index is 12.6. The Morgan fingerprint density at radius 3 is 1.79 bits per heavy atom. The van der Waals surface area contributed by atoms with E-state index in [1.807, 2.05) is 54.6 Å². The third-order valence-electron chi connectivity index (χ3n) is 4.91. The van der Waals surface area contributed by atoms with Gasteiger partial charge in [-0.15, -0.1) is 0 Å². The number of imide groups is 1. The zero-order valence-corrected chi connectivity index (χ0v) is 14.9. The molecule has 0 bridgehead atoms. The van der Waals surface area contributed by atoms with Crippen LogP contribution in [0.2, 0.25) is 0 Å². The zero-order chi connectivity index (χ0) is 19.7. The van der Waals surface area contributed by atoms with Crippen molar-refractivity contribution in [2.24, 2.45) is 0 Å². The van der Waals surface area contributed by atoms with Crippen molar-refractivity contribution in [3.05, 3.63) is 95.6 Å². The van der Waals surface area contributed by atoms with Crippen LogP contribution in [-0.2, 0) is 11.2 Å². The Morgan fingerprint density at radius 1 is 0.750 bits per heavy atom. The van der Waals surface area contributed by atoms with E-state index in [0.717, 1.165) is 21.6 Å². The molecule has 0 radical (unpaired) electrons. The Morgan fingerprint density at radius 2 is 1.25 bits per heavy atom. The van der Waals surface area contributed by atoms with Crippen LogP contribution in [0.4, 0.5) is 0 Å². The summed E-state index contributed by atoms with van der Waals surface area (Å²) < 4.78 is 0. The molecule has 1 aliphatic rings. The first-order chi connectivity index (χ1) is 13.6. The summed E-state index contributed by atoms with van der Waals surface area (Å²) in [5.41, 5.74) is 3.31. The third kappa shape index (κ3) is 3.07. The van der Waals surface area contributed by atoms with Crippen LogP contribution < -0.4 is 0 Å². The minimum Gasteiger partial charge on any atom is -0.480 e. The third-order valence-corrected chi connectivity index (χ3v) is 4.91. The topological polar surface area (TPSA) is 74.7 Å². The first-order valence-corrected chi connectivity index (χ1v) is 8.90. The highest BCUT2D eigenvalue weighted by Gasteiger charge is 2.42. The van der Waals surface area contributed by atoms with Gasteiger partial charge in [0.2, 0.25) is 0 Å². The fraction of sp³-hybridized carbons (Fsp3) is 0.0870. The van der Waals surface area contributed by atoms with Crippen LogP contribution >= 0.6 is 0 Å². The van der Waals surface area contributed by atoms with Gasteiger partial charge in [0.1, 0.15) is 6.04 Å². The summed E-state index contributed by atoms with van der Waals surface area (Å²) in [6, 6.07) is 22.5. The van der Waals surface area contributed by atoms with Crippen LogP contribution in [0, 0.1) is 0 Å². The van der Waals surface area contributed by atoms with E-state index in [4.69, 9.17) is 0 Å². The van der Waals surface area contributed by atoms with E-state index in [1.54, 1.807) is 24.3 Å². The summed E-state index contributed by atoms with van der Waals surface area (Å²) in [6.45, 7) is 0. The van der Waals surface area contributed by atoms with Gasteiger partial charge in [0, 0.05) is 6.42 Å². The summed E-state index contributed by atoms with van der Waals surface area (Å²) >= 11 is 0. The van der Waals surface area contributed by atoms with E-state index in [-0.39, 0.29) is 17.5 Å². The summed E-state index contributed by atoms with van der Waals surface area (Å²) in [4.78, 5) is 38.0. The van der Waals surface area contributed by atoms with Gasteiger partial charge in [0.25, 0.3) is 11.8 Å². The van der Waals surface area contributed by atoms with Crippen molar-refractivity contribution in [1.29, 1.82) is 0 Å². The highest BCUT2D eigenvalue weighted by Crippen LogP contribution is 2.27. The molecule has 1 N–H and O–H groups in total. The molecule has 1 heterocycles. The van der Waals surface area contributed by atoms with Crippen LogP contribution in [0.25, 0.3) is 11.1 Å². The number of hydrogen-bond donors (Lipinski definition) is 1. The quantitative estimate of drug-likeness (QED) is 0.695. The molecule has 0 fully saturated rings. The van der Waals surface area contributed by atoms with Crippen molar-refractivity contribution >= 4 is 17.8 Å². The van der Waals surface area contributed by atoms with Gasteiger partial charge in [-0.1, -0.05) is 66.7 Å². The van der Waals surface area contributed by atoms with E-state index in [1.165, 1.54) is 0 Å². The van der Waals surface area contributed by atoms with E-state index < -0.39 is 23.8 Å². The van der Waals surface area contributed by atoms with Gasteiger partial charge in [-0.25, -0.2) is 4.79 Å². The molecule has 138 valence electrons. The number of carboxylic acid groups (broad SMARTS) is 1. The van der Waals surface area contributed by atoms with Gasteiger partial charge in [-0.3, -0.25) is 14.5 Å². The molecule has 3 aromatic rings. The molecule has 5 heteroatoms. The molecule has 1 unspecified atom stereocenters. The number of carbonyl (C=O) groups excluding carboxylic acids is 2. The predicted molar refractivity (Wildman–Crippen MR) is 104 cm³/mol. The number of benzene rings is 3. The van der Waals surface area contributed by atoms with Gasteiger partial charge in [-0.05, 0) is 28.8 Å². The number of rotatable bonds is 5. The molecule has 1 atom stereocenters. The lowest BCUT2D eigenvalue weighted by atomic mass is 10.00. The van der Waals surface area contributed by atoms with E-state index >= 15 is 0 Å². The largest absolute Gasteiger partial charge is 0.480 e. The van der Waals surface area contributed by atoms with Gasteiger partial charge in [0.05, 0.1) is 11.1 Å². The standard InChI is InChI=1S/C23H17NO4/c25-21-18-8-4-5-9-19(18)22(26)24(21)20(23(27)28)14-15-10-12-17(13-11-15)16-6-2-1-3-7-16/h1-13,20H,14H2,(H,27,28). The number of nitrogens with zero attached hydrogens (tertiary/aromatic N) is 1. The Hall–Kier alpha value is -3.73. The number of hydrogen-bond acceptors (Lipinski definition) is 3. The van der Waals surface area contributed by atoms with E-state index in [0.29, 0.717) is 0 Å². The van der Waals surface area contributed by atoms with Crippen molar-refractivity contribution in [2.45, 2.75) is 12.5 Å². The minimum atomic E-state index is -1.25. The number of aliphatic carboxylic acids is 1. The number of fused-ring (bicyclic) bond motifs is 1. The van der Waals surface area contributed by atoms with Crippen LogP contribution in [0.3, 0.4) is 0 Å². The van der Waals surface area contributed by atoms with Crippen molar-refractivity contribution in [1.82, 2.24) is 4.90 Å². The highest BCUT2D eigenvalue weighted by atomic mass is 16.4. The summed E-state index contributed by atoms with van der Waals surface area (Å²) in [7, 11) is 0. The summed E-state index contributed by atoms with van der Waals surface area (Å²) in [5.74, 6) is -2.33. The Labute approximate surface area is 161 Å². The maximum Gasteiger partial charge on any atom is 0.327 e. The smallest absolute Gasteiger partial charge is 0.327 e. The molecule has 4 rings (SSSR count). The second-order valence-electron chi connectivity index (χ2n) is 6.65. The number of carbonyl (C=O) groups is 3. The molecule has 0 saturated heterocycles. The van der Waals surface area contributed by atoms with Gasteiger partial charge in [0.15, 0.2) is 0 Å². The van der Waals surface area contributed by atoms with Crippen LogP contribution in [0.5, 0.6) is 0 Å². The second-order valence-corrected chi connectivity index (χ2v) is 6.65. The maximum atomic E-state index is 12.6. The minimum absolute atomic E-state index is 0.0515. The molecule has 28 heavy (non-hydrogen) atoms. The SMILES string of the molecule is O=C(O)C(Cc1ccc(-c2ccccc2)cc1)N1C(=O)c2ccccc2C1=O. The first-order valence-electron chi connectivity index (χ1n) is 8.90. The van der Waals surface area contributed by atoms with Crippen LogP contribution in [0.15, 0.2) is 78.9 Å². The fourth-order valence-corrected chi connectivity index (χ4v) is 3.47. The van der Waals surface area contributed by atoms with Crippen LogP contribution in [0.1, 0.15) is 26.3 Å². The lowest BCUT2D eigenvalue weighted by molar-refractivity contribution is -0.141. The normalized spacial score (nSPS) is 14.1. The van der Waals surface area contributed by atoms with E-state index in [2.05, 4.69) is 0 Å². The Balaban J connectivity index is 1.59. The molecule has 0 aliphatic carbocycles. The molecule has 3 aromatic carbocycles. The molecule has 0 aromatic heterocycles. The lowest BCUT2D eigenvalue weighted by Crippen LogP contribution is -2.46. The Kier molecular flexibility index (Phi) is 4.49.